The largest absolute Gasteiger partial charge is 0.467 e. The zero-order valence-corrected chi connectivity index (χ0v) is 17.9. The molecule has 0 aliphatic carbocycles. The van der Waals surface area contributed by atoms with Crippen molar-refractivity contribution in [3.05, 3.63) is 28.3 Å². The number of rotatable bonds is 8. The molecule has 7 nitrogen and oxygen atoms in total. The van der Waals surface area contributed by atoms with Crippen LogP contribution in [0.15, 0.2) is 11.0 Å². The van der Waals surface area contributed by atoms with Crippen LogP contribution >= 0.6 is 0 Å². The average molecular weight is 399 g/mol. The van der Waals surface area contributed by atoms with Crippen molar-refractivity contribution in [2.45, 2.75) is 58.9 Å². The van der Waals surface area contributed by atoms with Gasteiger partial charge in [0.2, 0.25) is 15.9 Å². The number of sulfonamides is 1. The van der Waals surface area contributed by atoms with Crippen LogP contribution in [0.2, 0.25) is 0 Å². The highest BCUT2D eigenvalue weighted by atomic mass is 32.2. The van der Waals surface area contributed by atoms with Gasteiger partial charge in [0.1, 0.15) is 6.04 Å². The smallest absolute Gasteiger partial charge is 0.328 e. The maximum atomic E-state index is 12.8. The molecule has 1 rings (SSSR count). The Morgan fingerprint density at radius 3 is 2.04 bits per heavy atom. The lowest BCUT2D eigenvalue weighted by Crippen LogP contribution is -2.46. The maximum absolute atomic E-state index is 12.8. The predicted octanol–water partition coefficient (Wildman–Crippen LogP) is 1.90. The van der Waals surface area contributed by atoms with Gasteiger partial charge in [-0.05, 0) is 62.3 Å². The van der Waals surface area contributed by atoms with Gasteiger partial charge in [0, 0.05) is 0 Å². The van der Waals surface area contributed by atoms with Crippen molar-refractivity contribution in [1.82, 2.24) is 10.0 Å². The van der Waals surface area contributed by atoms with E-state index in [1.165, 1.54) is 7.11 Å². The summed E-state index contributed by atoms with van der Waals surface area (Å²) < 4.78 is 32.5. The Bertz CT molecular complexity index is 790. The molecule has 0 fully saturated rings. The summed E-state index contributed by atoms with van der Waals surface area (Å²) in [5.41, 5.74) is 3.03. The molecule has 0 aromatic heterocycles. The van der Waals surface area contributed by atoms with Crippen molar-refractivity contribution >= 4 is 21.9 Å². The first-order valence-corrected chi connectivity index (χ1v) is 10.3. The van der Waals surface area contributed by atoms with E-state index in [-0.39, 0.29) is 10.8 Å². The zero-order valence-electron chi connectivity index (χ0n) is 17.1. The van der Waals surface area contributed by atoms with Gasteiger partial charge in [0.05, 0.1) is 18.6 Å². The number of hydrogen-bond donors (Lipinski definition) is 2. The normalized spacial score (nSPS) is 12.7. The molecule has 0 unspecified atom stereocenters. The number of hydrogen-bond acceptors (Lipinski definition) is 5. The molecule has 0 saturated heterocycles. The van der Waals surface area contributed by atoms with Gasteiger partial charge >= 0.3 is 5.97 Å². The fourth-order valence-electron chi connectivity index (χ4n) is 2.89. The lowest BCUT2D eigenvalue weighted by atomic mass is 10.0. The average Bonchev–Trinajstić information content (AvgIpc) is 2.56. The molecule has 0 radical (unpaired) electrons. The van der Waals surface area contributed by atoms with Crippen molar-refractivity contribution in [2.75, 3.05) is 13.7 Å². The Hall–Kier alpha value is -1.93. The van der Waals surface area contributed by atoms with E-state index < -0.39 is 34.5 Å². The van der Waals surface area contributed by atoms with Crippen LogP contribution < -0.4 is 10.0 Å². The zero-order chi connectivity index (χ0) is 20.9. The lowest BCUT2D eigenvalue weighted by Gasteiger charge is -2.19. The van der Waals surface area contributed by atoms with E-state index in [4.69, 9.17) is 4.74 Å². The third kappa shape index (κ3) is 6.04. The number of amides is 1. The highest BCUT2D eigenvalue weighted by Gasteiger charge is 2.25. The molecular weight excluding hydrogens is 368 g/mol. The molecule has 2 N–H and O–H groups in total. The van der Waals surface area contributed by atoms with Crippen LogP contribution in [0.4, 0.5) is 0 Å². The van der Waals surface area contributed by atoms with E-state index in [0.29, 0.717) is 17.5 Å². The molecule has 1 aromatic rings. The Kier molecular flexibility index (Phi) is 7.98. The minimum atomic E-state index is -3.87. The Balaban J connectivity index is 2.94. The maximum Gasteiger partial charge on any atom is 0.328 e. The number of nitrogens with one attached hydrogen (secondary N) is 2. The van der Waals surface area contributed by atoms with E-state index in [9.17, 15) is 18.0 Å². The van der Waals surface area contributed by atoms with Crippen LogP contribution in [-0.2, 0) is 24.3 Å². The van der Waals surface area contributed by atoms with E-state index in [1.54, 1.807) is 13.8 Å². The van der Waals surface area contributed by atoms with Gasteiger partial charge in [0.25, 0.3) is 0 Å². The number of carbonyl (C=O) groups excluding carboxylic acids is 2. The molecule has 1 amide bonds. The summed E-state index contributed by atoms with van der Waals surface area (Å²) in [6.45, 7) is 10.5. The fourth-order valence-corrected chi connectivity index (χ4v) is 4.48. The molecule has 8 heteroatoms. The summed E-state index contributed by atoms with van der Waals surface area (Å²) in [5, 5.41) is 2.53. The van der Waals surface area contributed by atoms with Gasteiger partial charge in [-0.2, -0.15) is 0 Å². The number of aryl methyl sites for hydroxylation is 2. The van der Waals surface area contributed by atoms with Gasteiger partial charge in [0.15, 0.2) is 0 Å². The summed E-state index contributed by atoms with van der Waals surface area (Å²) in [6, 6.07) is 1.13. The van der Waals surface area contributed by atoms with Crippen molar-refractivity contribution < 1.29 is 22.7 Å². The summed E-state index contributed by atoms with van der Waals surface area (Å²) >= 11 is 0. The molecule has 1 aromatic carbocycles. The monoisotopic (exact) mass is 398 g/mol. The second-order valence-corrected chi connectivity index (χ2v) is 8.89. The van der Waals surface area contributed by atoms with Crippen LogP contribution in [0.5, 0.6) is 0 Å². The molecule has 152 valence electrons. The van der Waals surface area contributed by atoms with Crippen LogP contribution in [0.1, 0.15) is 42.5 Å². The van der Waals surface area contributed by atoms with Gasteiger partial charge < -0.3 is 10.1 Å². The van der Waals surface area contributed by atoms with Crippen LogP contribution in [-0.4, -0.2) is 40.0 Å². The van der Waals surface area contributed by atoms with Crippen molar-refractivity contribution in [2.24, 2.45) is 5.92 Å². The second-order valence-electron chi connectivity index (χ2n) is 7.19. The van der Waals surface area contributed by atoms with E-state index in [1.807, 2.05) is 33.8 Å². The standard InChI is InChI=1S/C19H30N2O5S/c1-11(2)8-16(19(23)26-7)21-17(22)10-20-27(24,25)18-14(5)12(3)9-13(4)15(18)6/h9,11,16,20H,8,10H2,1-7H3,(H,21,22)/t16-/m0/s1. The molecule has 0 bridgehead atoms. The summed E-state index contributed by atoms with van der Waals surface area (Å²) in [7, 11) is -2.63. The molecule has 0 aliphatic heterocycles. The Labute approximate surface area is 161 Å². The number of carbonyl (C=O) groups is 2. The van der Waals surface area contributed by atoms with Crippen LogP contribution in [0, 0.1) is 33.6 Å². The first-order valence-electron chi connectivity index (χ1n) is 8.85. The first-order chi connectivity index (χ1) is 12.4. The van der Waals surface area contributed by atoms with Gasteiger partial charge in [-0.1, -0.05) is 19.9 Å². The summed E-state index contributed by atoms with van der Waals surface area (Å²) in [4.78, 5) is 24.2. The third-order valence-electron chi connectivity index (χ3n) is 4.52. The van der Waals surface area contributed by atoms with Crippen molar-refractivity contribution in [3.8, 4) is 0 Å². The predicted molar refractivity (Wildman–Crippen MR) is 104 cm³/mol. The van der Waals surface area contributed by atoms with Crippen molar-refractivity contribution in [3.63, 3.8) is 0 Å². The highest BCUT2D eigenvalue weighted by Crippen LogP contribution is 2.25. The van der Waals surface area contributed by atoms with Gasteiger partial charge in [-0.25, -0.2) is 17.9 Å². The number of ether oxygens (including phenoxy) is 1. The highest BCUT2D eigenvalue weighted by molar-refractivity contribution is 7.89. The molecular formula is C19H30N2O5S. The van der Waals surface area contributed by atoms with Gasteiger partial charge in [-0.15, -0.1) is 0 Å². The lowest BCUT2D eigenvalue weighted by molar-refractivity contribution is -0.145. The number of esters is 1. The van der Waals surface area contributed by atoms with E-state index in [0.717, 1.165) is 11.1 Å². The number of methoxy groups -OCH3 is 1. The van der Waals surface area contributed by atoms with Crippen LogP contribution in [0.3, 0.4) is 0 Å². The molecule has 0 aliphatic rings. The van der Waals surface area contributed by atoms with E-state index in [2.05, 4.69) is 10.0 Å². The number of benzene rings is 1. The molecule has 0 heterocycles. The molecule has 0 saturated carbocycles. The Morgan fingerprint density at radius 2 is 1.59 bits per heavy atom. The van der Waals surface area contributed by atoms with Crippen molar-refractivity contribution in [1.29, 1.82) is 0 Å². The first kappa shape index (κ1) is 23.1. The minimum absolute atomic E-state index is 0.159. The summed E-state index contributed by atoms with van der Waals surface area (Å²) in [6.07, 6.45) is 0.403. The van der Waals surface area contributed by atoms with E-state index >= 15 is 0 Å². The topological polar surface area (TPSA) is 102 Å². The SMILES string of the molecule is COC(=O)[C@H](CC(C)C)NC(=O)CNS(=O)(=O)c1c(C)c(C)cc(C)c1C. The molecule has 1 atom stereocenters. The Morgan fingerprint density at radius 1 is 1.07 bits per heavy atom. The quantitative estimate of drug-likeness (QED) is 0.651. The summed E-state index contributed by atoms with van der Waals surface area (Å²) in [5.74, 6) is -0.984. The third-order valence-corrected chi connectivity index (χ3v) is 6.19. The minimum Gasteiger partial charge on any atom is -0.467 e. The van der Waals surface area contributed by atoms with Crippen LogP contribution in [0.25, 0.3) is 0 Å². The fraction of sp³-hybridized carbons (Fsp3) is 0.579. The van der Waals surface area contributed by atoms with Gasteiger partial charge in [-0.3, -0.25) is 4.79 Å². The molecule has 27 heavy (non-hydrogen) atoms. The second kappa shape index (κ2) is 9.32. The molecule has 0 spiro atoms.